The smallest absolute Gasteiger partial charge is 0.226 e. The number of benzene rings is 1. The van der Waals surface area contributed by atoms with Gasteiger partial charge in [0.25, 0.3) is 0 Å². The van der Waals surface area contributed by atoms with E-state index in [0.717, 1.165) is 55.6 Å². The fraction of sp³-hybridized carbons (Fsp3) is 0.632. The first-order chi connectivity index (χ1) is 11.6. The van der Waals surface area contributed by atoms with Gasteiger partial charge in [0.2, 0.25) is 5.91 Å². The second-order valence-electron chi connectivity index (χ2n) is 7.00. The average Bonchev–Trinajstić information content (AvgIpc) is 3.43. The Morgan fingerprint density at radius 3 is 2.56 bits per heavy atom. The number of rotatable bonds is 6. The number of amides is 1. The highest BCUT2D eigenvalue weighted by Crippen LogP contribution is 2.35. The van der Waals surface area contributed by atoms with Crippen LogP contribution in [0.2, 0.25) is 0 Å². The lowest BCUT2D eigenvalue weighted by atomic mass is 9.85. The molecule has 3 rings (SSSR count). The van der Waals surface area contributed by atoms with E-state index in [1.165, 1.54) is 0 Å². The van der Waals surface area contributed by atoms with Crippen LogP contribution in [0.1, 0.15) is 44.1 Å². The Hall–Kier alpha value is -1.46. The second-order valence-corrected chi connectivity index (χ2v) is 7.00. The van der Waals surface area contributed by atoms with Crippen LogP contribution in [0.3, 0.4) is 0 Å². The summed E-state index contributed by atoms with van der Waals surface area (Å²) < 4.78 is 10.8. The molecule has 2 atom stereocenters. The highest BCUT2D eigenvalue weighted by molar-refractivity contribution is 5.85. The molecule has 0 bridgehead atoms. The second kappa shape index (κ2) is 8.77. The van der Waals surface area contributed by atoms with Crippen molar-refractivity contribution in [1.82, 2.24) is 4.90 Å². The van der Waals surface area contributed by atoms with E-state index in [2.05, 4.69) is 0 Å². The van der Waals surface area contributed by atoms with Gasteiger partial charge in [0.1, 0.15) is 11.5 Å². The van der Waals surface area contributed by atoms with Gasteiger partial charge in [0.15, 0.2) is 0 Å². The maximum absolute atomic E-state index is 13.1. The van der Waals surface area contributed by atoms with Crippen molar-refractivity contribution >= 4 is 18.3 Å². The van der Waals surface area contributed by atoms with Crippen LogP contribution in [0.15, 0.2) is 18.2 Å². The van der Waals surface area contributed by atoms with Gasteiger partial charge in [-0.1, -0.05) is 6.42 Å². The predicted octanol–water partition coefficient (Wildman–Crippen LogP) is 3.13. The molecule has 2 aliphatic rings. The third kappa shape index (κ3) is 4.79. The standard InChI is InChI=1S/C19H28N2O3.ClH/c1-23-17-8-9-18(24-2)14(11-17)12-21(16-6-7-16)19(22)13-4-3-5-15(20)10-13;/h8-9,11,13,15-16H,3-7,10,12,20H2,1-2H3;1H. The van der Waals surface area contributed by atoms with E-state index in [9.17, 15) is 4.79 Å². The zero-order valence-corrected chi connectivity index (χ0v) is 15.9. The summed E-state index contributed by atoms with van der Waals surface area (Å²) in [7, 11) is 3.31. The lowest BCUT2D eigenvalue weighted by Crippen LogP contribution is -2.41. The summed E-state index contributed by atoms with van der Waals surface area (Å²) in [6.45, 7) is 0.579. The van der Waals surface area contributed by atoms with Crippen molar-refractivity contribution in [2.24, 2.45) is 11.7 Å². The zero-order chi connectivity index (χ0) is 17.1. The molecular weight excluding hydrogens is 340 g/mol. The van der Waals surface area contributed by atoms with Crippen molar-refractivity contribution in [3.63, 3.8) is 0 Å². The SMILES string of the molecule is COc1ccc(OC)c(CN(C(=O)C2CCCC(N)C2)C2CC2)c1.Cl. The molecule has 6 heteroatoms. The molecule has 2 aliphatic carbocycles. The number of nitrogens with two attached hydrogens (primary N) is 1. The summed E-state index contributed by atoms with van der Waals surface area (Å²) in [6, 6.07) is 6.28. The van der Waals surface area contributed by atoms with Crippen molar-refractivity contribution in [3.05, 3.63) is 23.8 Å². The van der Waals surface area contributed by atoms with Gasteiger partial charge >= 0.3 is 0 Å². The van der Waals surface area contributed by atoms with Crippen LogP contribution in [0.25, 0.3) is 0 Å². The van der Waals surface area contributed by atoms with Gasteiger partial charge in [-0.15, -0.1) is 12.4 Å². The minimum atomic E-state index is 0. The highest BCUT2D eigenvalue weighted by atomic mass is 35.5. The predicted molar refractivity (Wildman–Crippen MR) is 100 cm³/mol. The quantitative estimate of drug-likeness (QED) is 0.837. The number of halogens is 1. The van der Waals surface area contributed by atoms with Crippen LogP contribution in [-0.2, 0) is 11.3 Å². The summed E-state index contributed by atoms with van der Waals surface area (Å²) in [5, 5.41) is 0. The number of hydrogen-bond acceptors (Lipinski definition) is 4. The fourth-order valence-corrected chi connectivity index (χ4v) is 3.65. The lowest BCUT2D eigenvalue weighted by molar-refractivity contribution is -0.138. The molecule has 0 saturated heterocycles. The van der Waals surface area contributed by atoms with E-state index < -0.39 is 0 Å². The maximum Gasteiger partial charge on any atom is 0.226 e. The Balaban J connectivity index is 0.00000225. The van der Waals surface area contributed by atoms with Crippen molar-refractivity contribution in [2.75, 3.05) is 14.2 Å². The minimum Gasteiger partial charge on any atom is -0.497 e. The van der Waals surface area contributed by atoms with Crippen LogP contribution >= 0.6 is 12.4 Å². The molecule has 2 saturated carbocycles. The molecule has 25 heavy (non-hydrogen) atoms. The van der Waals surface area contributed by atoms with E-state index >= 15 is 0 Å². The van der Waals surface area contributed by atoms with Crippen LogP contribution in [0.4, 0.5) is 0 Å². The number of carbonyl (C=O) groups is 1. The molecule has 1 aromatic rings. The van der Waals surface area contributed by atoms with E-state index in [1.807, 2.05) is 23.1 Å². The molecule has 1 amide bonds. The van der Waals surface area contributed by atoms with Gasteiger partial charge in [-0.25, -0.2) is 0 Å². The molecule has 2 fully saturated rings. The number of methoxy groups -OCH3 is 2. The van der Waals surface area contributed by atoms with E-state index in [0.29, 0.717) is 12.6 Å². The summed E-state index contributed by atoms with van der Waals surface area (Å²) in [5.41, 5.74) is 7.08. The molecule has 0 heterocycles. The van der Waals surface area contributed by atoms with E-state index in [4.69, 9.17) is 15.2 Å². The molecule has 140 valence electrons. The van der Waals surface area contributed by atoms with Gasteiger partial charge in [-0.2, -0.15) is 0 Å². The summed E-state index contributed by atoms with van der Waals surface area (Å²) in [4.78, 5) is 15.1. The molecule has 1 aromatic carbocycles. The molecule has 0 radical (unpaired) electrons. The first-order valence-electron chi connectivity index (χ1n) is 8.89. The molecule has 2 unspecified atom stereocenters. The van der Waals surface area contributed by atoms with Crippen molar-refractivity contribution in [1.29, 1.82) is 0 Å². The maximum atomic E-state index is 13.1. The Bertz CT molecular complexity index is 592. The Morgan fingerprint density at radius 1 is 1.20 bits per heavy atom. The average molecular weight is 369 g/mol. The fourth-order valence-electron chi connectivity index (χ4n) is 3.65. The van der Waals surface area contributed by atoms with Gasteiger partial charge in [0.05, 0.1) is 14.2 Å². The number of ether oxygens (including phenoxy) is 2. The first-order valence-corrected chi connectivity index (χ1v) is 8.89. The molecule has 2 N–H and O–H groups in total. The normalized spacial score (nSPS) is 22.7. The van der Waals surface area contributed by atoms with E-state index in [-0.39, 0.29) is 30.3 Å². The summed E-state index contributed by atoms with van der Waals surface area (Å²) in [6.07, 6.45) is 6.06. The van der Waals surface area contributed by atoms with Crippen LogP contribution in [0, 0.1) is 5.92 Å². The van der Waals surface area contributed by atoms with Crippen LogP contribution in [0.5, 0.6) is 11.5 Å². The molecule has 5 nitrogen and oxygen atoms in total. The zero-order valence-electron chi connectivity index (χ0n) is 15.1. The number of nitrogens with zero attached hydrogens (tertiary/aromatic N) is 1. The minimum absolute atomic E-state index is 0. The Morgan fingerprint density at radius 2 is 1.96 bits per heavy atom. The monoisotopic (exact) mass is 368 g/mol. The van der Waals surface area contributed by atoms with Gasteiger partial charge in [-0.3, -0.25) is 4.79 Å². The number of carbonyl (C=O) groups excluding carboxylic acids is 1. The largest absolute Gasteiger partial charge is 0.497 e. The number of hydrogen-bond donors (Lipinski definition) is 1. The third-order valence-corrected chi connectivity index (χ3v) is 5.16. The van der Waals surface area contributed by atoms with Crippen molar-refractivity contribution < 1.29 is 14.3 Å². The lowest BCUT2D eigenvalue weighted by Gasteiger charge is -2.32. The van der Waals surface area contributed by atoms with Gasteiger partial charge in [-0.05, 0) is 50.3 Å². The molecule has 0 spiro atoms. The van der Waals surface area contributed by atoms with Gasteiger partial charge in [0, 0.05) is 30.1 Å². The van der Waals surface area contributed by atoms with Crippen molar-refractivity contribution in [2.45, 2.75) is 57.2 Å². The van der Waals surface area contributed by atoms with Crippen molar-refractivity contribution in [3.8, 4) is 11.5 Å². The Kier molecular flexibility index (Phi) is 6.96. The van der Waals surface area contributed by atoms with Crippen LogP contribution in [-0.4, -0.2) is 37.1 Å². The summed E-state index contributed by atoms with van der Waals surface area (Å²) >= 11 is 0. The van der Waals surface area contributed by atoms with Gasteiger partial charge < -0.3 is 20.1 Å². The first kappa shape index (κ1) is 19.9. The molecule has 0 aliphatic heterocycles. The third-order valence-electron chi connectivity index (χ3n) is 5.16. The highest BCUT2D eigenvalue weighted by Gasteiger charge is 2.37. The Labute approximate surface area is 156 Å². The van der Waals surface area contributed by atoms with E-state index in [1.54, 1.807) is 14.2 Å². The molecular formula is C19H29ClN2O3. The molecule has 0 aromatic heterocycles. The summed E-state index contributed by atoms with van der Waals surface area (Å²) in [5.74, 6) is 1.92. The van der Waals surface area contributed by atoms with Crippen LogP contribution < -0.4 is 15.2 Å². The topological polar surface area (TPSA) is 64.8 Å².